The zero-order valence-electron chi connectivity index (χ0n) is 11.7. The molecule has 5 heteroatoms. The summed E-state index contributed by atoms with van der Waals surface area (Å²) >= 11 is 6.09. The third-order valence-corrected chi connectivity index (χ3v) is 2.83. The Kier molecular flexibility index (Phi) is 6.12. The van der Waals surface area contributed by atoms with E-state index in [0.29, 0.717) is 17.4 Å². The molecule has 19 heavy (non-hydrogen) atoms. The summed E-state index contributed by atoms with van der Waals surface area (Å²) in [5, 5.41) is 3.64. The average Bonchev–Trinajstić information content (AvgIpc) is 2.36. The average molecular weight is 286 g/mol. The number of halogens is 1. The maximum atomic E-state index is 12.0. The van der Waals surface area contributed by atoms with Crippen molar-refractivity contribution in [1.29, 1.82) is 0 Å². The molecule has 0 radical (unpaired) electrons. The van der Waals surface area contributed by atoms with Crippen LogP contribution < -0.4 is 10.1 Å². The molecule has 0 aliphatic carbocycles. The van der Waals surface area contributed by atoms with Gasteiger partial charge in [0.1, 0.15) is 11.8 Å². The molecule has 1 aromatic rings. The van der Waals surface area contributed by atoms with E-state index in [0.717, 1.165) is 5.56 Å². The summed E-state index contributed by atoms with van der Waals surface area (Å²) in [7, 11) is 1.55. The molecule has 1 aromatic carbocycles. The van der Waals surface area contributed by atoms with Crippen LogP contribution in [0.4, 0.5) is 0 Å². The van der Waals surface area contributed by atoms with Crippen LogP contribution in [0.5, 0.6) is 5.75 Å². The quantitative estimate of drug-likeness (QED) is 0.817. The fraction of sp³-hybridized carbons (Fsp3) is 0.500. The largest absolute Gasteiger partial charge is 0.495 e. The van der Waals surface area contributed by atoms with Gasteiger partial charge in [0.2, 0.25) is 0 Å². The third-order valence-electron chi connectivity index (χ3n) is 2.53. The summed E-state index contributed by atoms with van der Waals surface area (Å²) in [4.78, 5) is 12.0. The van der Waals surface area contributed by atoms with Crippen LogP contribution in [0.25, 0.3) is 0 Å². The van der Waals surface area contributed by atoms with Crippen LogP contribution in [0.15, 0.2) is 18.2 Å². The highest BCUT2D eigenvalue weighted by atomic mass is 35.5. The molecule has 1 atom stereocenters. The van der Waals surface area contributed by atoms with Crippen LogP contribution in [0.2, 0.25) is 5.02 Å². The van der Waals surface area contributed by atoms with Gasteiger partial charge in [-0.05, 0) is 38.5 Å². The molecule has 0 saturated carbocycles. The lowest BCUT2D eigenvalue weighted by Gasteiger charge is -2.20. The monoisotopic (exact) mass is 285 g/mol. The number of hydrogen-bond donors (Lipinski definition) is 1. The second kappa shape index (κ2) is 7.36. The Morgan fingerprint density at radius 3 is 2.58 bits per heavy atom. The number of nitrogens with one attached hydrogen (secondary N) is 1. The van der Waals surface area contributed by atoms with Gasteiger partial charge in [-0.15, -0.1) is 0 Å². The van der Waals surface area contributed by atoms with E-state index < -0.39 is 6.04 Å². The molecule has 0 spiro atoms. The van der Waals surface area contributed by atoms with E-state index in [1.807, 2.05) is 19.9 Å². The van der Waals surface area contributed by atoms with Crippen molar-refractivity contribution in [3.8, 4) is 5.75 Å². The predicted octanol–water partition coefficient (Wildman–Crippen LogP) is 2.95. The van der Waals surface area contributed by atoms with Crippen molar-refractivity contribution >= 4 is 17.6 Å². The van der Waals surface area contributed by atoms with E-state index in [-0.39, 0.29) is 12.0 Å². The van der Waals surface area contributed by atoms with Crippen molar-refractivity contribution in [2.75, 3.05) is 13.7 Å². The minimum Gasteiger partial charge on any atom is -0.495 e. The van der Waals surface area contributed by atoms with Gasteiger partial charge in [0.15, 0.2) is 0 Å². The Bertz CT molecular complexity index is 435. The molecule has 0 saturated heterocycles. The second-order valence-corrected chi connectivity index (χ2v) is 4.81. The van der Waals surface area contributed by atoms with Crippen molar-refractivity contribution in [3.63, 3.8) is 0 Å². The van der Waals surface area contributed by atoms with Gasteiger partial charge in [0.25, 0.3) is 0 Å². The minimum atomic E-state index is -0.525. The maximum Gasteiger partial charge on any atom is 0.327 e. The Morgan fingerprint density at radius 2 is 2.11 bits per heavy atom. The van der Waals surface area contributed by atoms with Crippen molar-refractivity contribution in [2.24, 2.45) is 0 Å². The number of carbonyl (C=O) groups is 1. The fourth-order valence-corrected chi connectivity index (χ4v) is 1.99. The molecular weight excluding hydrogens is 266 g/mol. The normalized spacial score (nSPS) is 12.3. The van der Waals surface area contributed by atoms with Crippen LogP contribution in [0.1, 0.15) is 32.4 Å². The van der Waals surface area contributed by atoms with Gasteiger partial charge in [-0.3, -0.25) is 5.32 Å². The lowest BCUT2D eigenvalue weighted by Crippen LogP contribution is -2.34. The van der Waals surface area contributed by atoms with Crippen LogP contribution in [0, 0.1) is 0 Å². The Morgan fingerprint density at radius 1 is 1.42 bits per heavy atom. The van der Waals surface area contributed by atoms with Crippen LogP contribution in [-0.4, -0.2) is 25.7 Å². The van der Waals surface area contributed by atoms with Gasteiger partial charge >= 0.3 is 5.97 Å². The molecule has 0 bridgehead atoms. The van der Waals surface area contributed by atoms with E-state index >= 15 is 0 Å². The highest BCUT2D eigenvalue weighted by Gasteiger charge is 2.23. The molecule has 1 N–H and O–H groups in total. The molecule has 0 amide bonds. The van der Waals surface area contributed by atoms with Crippen LogP contribution >= 0.6 is 11.6 Å². The van der Waals surface area contributed by atoms with E-state index in [1.165, 1.54) is 0 Å². The second-order valence-electron chi connectivity index (χ2n) is 4.40. The minimum absolute atomic E-state index is 0.148. The number of benzene rings is 1. The van der Waals surface area contributed by atoms with Crippen LogP contribution in [0.3, 0.4) is 0 Å². The van der Waals surface area contributed by atoms with Crippen molar-refractivity contribution in [1.82, 2.24) is 5.32 Å². The molecule has 1 unspecified atom stereocenters. The van der Waals surface area contributed by atoms with Crippen molar-refractivity contribution < 1.29 is 14.3 Å². The SMILES string of the molecule is CCOC(=O)C(NC(C)C)c1ccc(OC)c(Cl)c1. The van der Waals surface area contributed by atoms with E-state index in [4.69, 9.17) is 21.1 Å². The number of ether oxygens (including phenoxy) is 2. The topological polar surface area (TPSA) is 47.6 Å². The summed E-state index contributed by atoms with van der Waals surface area (Å²) < 4.78 is 10.2. The first-order valence-electron chi connectivity index (χ1n) is 6.25. The van der Waals surface area contributed by atoms with Gasteiger partial charge in [0.05, 0.1) is 18.7 Å². The molecule has 4 nitrogen and oxygen atoms in total. The highest BCUT2D eigenvalue weighted by Crippen LogP contribution is 2.28. The smallest absolute Gasteiger partial charge is 0.327 e. The van der Waals surface area contributed by atoms with E-state index in [1.54, 1.807) is 26.2 Å². The molecular formula is C14H20ClNO3. The molecule has 0 heterocycles. The number of hydrogen-bond acceptors (Lipinski definition) is 4. The maximum absolute atomic E-state index is 12.0. The summed E-state index contributed by atoms with van der Waals surface area (Å²) in [5.74, 6) is 0.273. The van der Waals surface area contributed by atoms with Crippen molar-refractivity contribution in [2.45, 2.75) is 32.9 Å². The van der Waals surface area contributed by atoms with Gasteiger partial charge in [0, 0.05) is 6.04 Å². The molecule has 0 aliphatic heterocycles. The molecule has 0 aromatic heterocycles. The lowest BCUT2D eigenvalue weighted by molar-refractivity contribution is -0.146. The highest BCUT2D eigenvalue weighted by molar-refractivity contribution is 6.32. The third kappa shape index (κ3) is 4.40. The van der Waals surface area contributed by atoms with E-state index in [2.05, 4.69) is 5.32 Å². The number of methoxy groups -OCH3 is 1. The molecule has 1 rings (SSSR count). The summed E-state index contributed by atoms with van der Waals surface area (Å²) in [6.45, 7) is 6.07. The van der Waals surface area contributed by atoms with Crippen molar-refractivity contribution in [3.05, 3.63) is 28.8 Å². The zero-order chi connectivity index (χ0) is 14.4. The first-order chi connectivity index (χ1) is 8.99. The standard InChI is InChI=1S/C14H20ClNO3/c1-5-19-14(17)13(16-9(2)3)10-6-7-12(18-4)11(15)8-10/h6-9,13,16H,5H2,1-4H3. The Labute approximate surface area is 119 Å². The summed E-state index contributed by atoms with van der Waals surface area (Å²) in [6, 6.07) is 4.89. The Hall–Kier alpha value is -1.26. The van der Waals surface area contributed by atoms with Gasteiger partial charge < -0.3 is 9.47 Å². The summed E-state index contributed by atoms with van der Waals surface area (Å²) in [5.41, 5.74) is 0.762. The van der Waals surface area contributed by atoms with Gasteiger partial charge in [-0.2, -0.15) is 0 Å². The molecule has 0 aliphatic rings. The van der Waals surface area contributed by atoms with Gasteiger partial charge in [-0.1, -0.05) is 17.7 Å². The first-order valence-corrected chi connectivity index (χ1v) is 6.63. The fourth-order valence-electron chi connectivity index (χ4n) is 1.72. The molecule has 0 fully saturated rings. The summed E-state index contributed by atoms with van der Waals surface area (Å²) in [6.07, 6.45) is 0. The number of esters is 1. The molecule has 106 valence electrons. The van der Waals surface area contributed by atoms with Crippen LogP contribution in [-0.2, 0) is 9.53 Å². The van der Waals surface area contributed by atoms with Gasteiger partial charge in [-0.25, -0.2) is 4.79 Å². The predicted molar refractivity (Wildman–Crippen MR) is 75.6 cm³/mol. The number of carbonyl (C=O) groups excluding carboxylic acids is 1. The first kappa shape index (κ1) is 15.8. The van der Waals surface area contributed by atoms with E-state index in [9.17, 15) is 4.79 Å². The Balaban J connectivity index is 3.03. The zero-order valence-corrected chi connectivity index (χ0v) is 12.5. The lowest BCUT2D eigenvalue weighted by atomic mass is 10.1. The number of rotatable bonds is 6.